The van der Waals surface area contributed by atoms with Gasteiger partial charge in [-0.25, -0.2) is 13.1 Å². The molecule has 0 aliphatic carbocycles. The molecule has 1 aromatic rings. The van der Waals surface area contributed by atoms with E-state index >= 15 is 0 Å². The van der Waals surface area contributed by atoms with Gasteiger partial charge in [-0.05, 0) is 49.6 Å². The summed E-state index contributed by atoms with van der Waals surface area (Å²) < 4.78 is 33.1. The van der Waals surface area contributed by atoms with Gasteiger partial charge in [0.05, 0.1) is 11.5 Å². The normalized spacial score (nSPS) is 19.1. The number of sulfonamides is 1. The minimum atomic E-state index is -3.50. The zero-order chi connectivity index (χ0) is 15.5. The van der Waals surface area contributed by atoms with Crippen molar-refractivity contribution < 1.29 is 13.2 Å². The third-order valence-corrected chi connectivity index (χ3v) is 5.40. The van der Waals surface area contributed by atoms with Crippen LogP contribution < -0.4 is 10.0 Å². The van der Waals surface area contributed by atoms with Gasteiger partial charge in [0.25, 0.3) is 0 Å². The topological polar surface area (TPSA) is 67.4 Å². The Morgan fingerprint density at radius 3 is 2.67 bits per heavy atom. The van der Waals surface area contributed by atoms with E-state index in [0.717, 1.165) is 29.7 Å². The van der Waals surface area contributed by atoms with Crippen LogP contribution in [0, 0.1) is 13.8 Å². The predicted octanol–water partition coefficient (Wildman–Crippen LogP) is 1.48. The van der Waals surface area contributed by atoms with Crippen LogP contribution in [0.2, 0.25) is 0 Å². The van der Waals surface area contributed by atoms with Crippen molar-refractivity contribution in [3.8, 4) is 0 Å². The minimum Gasteiger partial charge on any atom is -0.380 e. The molecule has 0 saturated carbocycles. The van der Waals surface area contributed by atoms with Crippen LogP contribution in [0.3, 0.4) is 0 Å². The molecule has 2 N–H and O–H groups in total. The molecular formula is C15H24N2O3S. The van der Waals surface area contributed by atoms with Gasteiger partial charge in [-0.1, -0.05) is 13.0 Å². The van der Waals surface area contributed by atoms with Crippen molar-refractivity contribution in [2.45, 2.75) is 44.7 Å². The van der Waals surface area contributed by atoms with E-state index in [2.05, 4.69) is 10.0 Å². The largest absolute Gasteiger partial charge is 0.380 e. The van der Waals surface area contributed by atoms with E-state index in [-0.39, 0.29) is 6.04 Å². The Hall–Kier alpha value is -0.950. The molecular weight excluding hydrogens is 288 g/mol. The second-order valence-corrected chi connectivity index (χ2v) is 7.19. The van der Waals surface area contributed by atoms with Crippen molar-refractivity contribution in [2.75, 3.05) is 19.8 Å². The number of nitrogens with one attached hydrogen (secondary N) is 2. The lowest BCUT2D eigenvalue weighted by atomic mass is 10.1. The summed E-state index contributed by atoms with van der Waals surface area (Å²) in [5.41, 5.74) is 2.90. The zero-order valence-corrected chi connectivity index (χ0v) is 13.7. The fourth-order valence-corrected chi connectivity index (χ4v) is 4.06. The molecule has 0 radical (unpaired) electrons. The maximum Gasteiger partial charge on any atom is 0.241 e. The lowest BCUT2D eigenvalue weighted by Gasteiger charge is -2.16. The summed E-state index contributed by atoms with van der Waals surface area (Å²) >= 11 is 0. The summed E-state index contributed by atoms with van der Waals surface area (Å²) in [6, 6.07) is 3.60. The smallest absolute Gasteiger partial charge is 0.241 e. The van der Waals surface area contributed by atoms with Crippen molar-refractivity contribution >= 4 is 10.0 Å². The number of rotatable bonds is 6. The van der Waals surface area contributed by atoms with Gasteiger partial charge >= 0.3 is 0 Å². The molecule has 1 heterocycles. The van der Waals surface area contributed by atoms with E-state index in [1.54, 1.807) is 6.07 Å². The Bertz CT molecular complexity index is 593. The Morgan fingerprint density at radius 2 is 2.05 bits per heavy atom. The highest BCUT2D eigenvalue weighted by atomic mass is 32.2. The van der Waals surface area contributed by atoms with Crippen LogP contribution in [-0.2, 0) is 21.3 Å². The number of ether oxygens (including phenoxy) is 1. The van der Waals surface area contributed by atoms with Gasteiger partial charge in [-0.2, -0.15) is 0 Å². The van der Waals surface area contributed by atoms with Gasteiger partial charge < -0.3 is 10.1 Å². The van der Waals surface area contributed by atoms with E-state index in [1.165, 1.54) is 0 Å². The number of hydrogen-bond acceptors (Lipinski definition) is 4. The SMILES string of the molecule is CCNCc1cc(S(=O)(=O)NC2CCOC2)c(C)cc1C. The molecule has 1 aromatic carbocycles. The molecule has 118 valence electrons. The molecule has 1 fully saturated rings. The first kappa shape index (κ1) is 16.4. The molecule has 6 heteroatoms. The fourth-order valence-electron chi connectivity index (χ4n) is 2.52. The zero-order valence-electron chi connectivity index (χ0n) is 12.9. The first-order valence-electron chi connectivity index (χ1n) is 7.35. The van der Waals surface area contributed by atoms with Gasteiger partial charge in [0.2, 0.25) is 10.0 Å². The quantitative estimate of drug-likeness (QED) is 0.835. The van der Waals surface area contributed by atoms with Crippen LogP contribution in [0.15, 0.2) is 17.0 Å². The lowest BCUT2D eigenvalue weighted by molar-refractivity contribution is 0.192. The van der Waals surface area contributed by atoms with Crippen molar-refractivity contribution in [1.82, 2.24) is 10.0 Å². The summed E-state index contributed by atoms with van der Waals surface area (Å²) in [6.45, 7) is 8.48. The molecule has 0 spiro atoms. The predicted molar refractivity (Wildman–Crippen MR) is 82.8 cm³/mol. The van der Waals surface area contributed by atoms with Crippen LogP contribution in [0.25, 0.3) is 0 Å². The number of hydrogen-bond donors (Lipinski definition) is 2. The molecule has 0 aromatic heterocycles. The second-order valence-electron chi connectivity index (χ2n) is 5.51. The molecule has 21 heavy (non-hydrogen) atoms. The average Bonchev–Trinajstić information content (AvgIpc) is 2.89. The Labute approximate surface area is 127 Å². The third kappa shape index (κ3) is 4.03. The summed E-state index contributed by atoms with van der Waals surface area (Å²) in [6.07, 6.45) is 0.731. The maximum atomic E-state index is 12.6. The van der Waals surface area contributed by atoms with E-state index < -0.39 is 10.0 Å². The van der Waals surface area contributed by atoms with Crippen LogP contribution in [0.4, 0.5) is 0 Å². The van der Waals surface area contributed by atoms with E-state index in [4.69, 9.17) is 4.74 Å². The molecule has 2 rings (SSSR count). The lowest BCUT2D eigenvalue weighted by Crippen LogP contribution is -2.35. The molecule has 1 aliphatic rings. The van der Waals surface area contributed by atoms with Gasteiger partial charge in [-0.3, -0.25) is 0 Å². The van der Waals surface area contributed by atoms with Crippen LogP contribution in [0.5, 0.6) is 0 Å². The first-order chi connectivity index (χ1) is 9.94. The Morgan fingerprint density at radius 1 is 1.29 bits per heavy atom. The highest BCUT2D eigenvalue weighted by Gasteiger charge is 2.25. The molecule has 1 saturated heterocycles. The van der Waals surface area contributed by atoms with Crippen LogP contribution >= 0.6 is 0 Å². The molecule has 5 nitrogen and oxygen atoms in total. The van der Waals surface area contributed by atoms with Crippen LogP contribution in [0.1, 0.15) is 30.0 Å². The number of benzene rings is 1. The van der Waals surface area contributed by atoms with Gasteiger partial charge in [0.1, 0.15) is 0 Å². The Kier molecular flexibility index (Phi) is 5.37. The van der Waals surface area contributed by atoms with E-state index in [9.17, 15) is 8.42 Å². The standard InChI is InChI=1S/C15H24N2O3S/c1-4-16-9-13-8-15(12(3)7-11(13)2)21(18,19)17-14-5-6-20-10-14/h7-8,14,16-17H,4-6,9-10H2,1-3H3. The summed E-state index contributed by atoms with van der Waals surface area (Å²) in [5, 5.41) is 3.24. The molecule has 1 atom stereocenters. The van der Waals surface area contributed by atoms with Crippen molar-refractivity contribution in [3.63, 3.8) is 0 Å². The van der Waals surface area contributed by atoms with Gasteiger partial charge in [-0.15, -0.1) is 0 Å². The van der Waals surface area contributed by atoms with E-state index in [1.807, 2.05) is 26.8 Å². The molecule has 1 unspecified atom stereocenters. The van der Waals surface area contributed by atoms with E-state index in [0.29, 0.717) is 24.7 Å². The second kappa shape index (κ2) is 6.87. The minimum absolute atomic E-state index is 0.118. The molecule has 0 amide bonds. The number of aryl methyl sites for hydroxylation is 2. The summed E-state index contributed by atoms with van der Waals surface area (Å²) in [7, 11) is -3.50. The molecule has 0 bridgehead atoms. The Balaban J connectivity index is 2.28. The van der Waals surface area contributed by atoms with Gasteiger partial charge in [0.15, 0.2) is 0 Å². The van der Waals surface area contributed by atoms with Gasteiger partial charge in [0, 0.05) is 19.2 Å². The van der Waals surface area contributed by atoms with Crippen LogP contribution in [-0.4, -0.2) is 34.2 Å². The maximum absolute atomic E-state index is 12.6. The highest BCUT2D eigenvalue weighted by molar-refractivity contribution is 7.89. The highest BCUT2D eigenvalue weighted by Crippen LogP contribution is 2.21. The molecule has 1 aliphatic heterocycles. The fraction of sp³-hybridized carbons (Fsp3) is 0.600. The summed E-state index contributed by atoms with van der Waals surface area (Å²) in [4.78, 5) is 0.368. The summed E-state index contributed by atoms with van der Waals surface area (Å²) in [5.74, 6) is 0. The first-order valence-corrected chi connectivity index (χ1v) is 8.83. The monoisotopic (exact) mass is 312 g/mol. The van der Waals surface area contributed by atoms with Crippen molar-refractivity contribution in [1.29, 1.82) is 0 Å². The van der Waals surface area contributed by atoms with Crippen molar-refractivity contribution in [2.24, 2.45) is 0 Å². The third-order valence-electron chi connectivity index (χ3n) is 3.74. The van der Waals surface area contributed by atoms with Crippen molar-refractivity contribution in [3.05, 3.63) is 28.8 Å². The average molecular weight is 312 g/mol.